The molecule has 0 spiro atoms. The van der Waals surface area contributed by atoms with E-state index in [0.29, 0.717) is 17.9 Å². The van der Waals surface area contributed by atoms with Crippen LogP contribution in [0.1, 0.15) is 49.5 Å². The first-order valence-electron chi connectivity index (χ1n) is 7.12. The van der Waals surface area contributed by atoms with Gasteiger partial charge in [-0.1, -0.05) is 11.6 Å². The fourth-order valence-electron chi connectivity index (χ4n) is 2.54. The molecule has 4 nitrogen and oxygen atoms in total. The molecule has 0 saturated carbocycles. The van der Waals surface area contributed by atoms with Gasteiger partial charge in [0.15, 0.2) is 0 Å². The molecule has 0 aromatic carbocycles. The molecule has 1 aliphatic carbocycles. The monoisotopic (exact) mass is 261 g/mol. The smallest absolute Gasteiger partial charge is 0.267 e. The quantitative estimate of drug-likeness (QED) is 0.801. The van der Waals surface area contributed by atoms with Crippen LogP contribution in [0.5, 0.6) is 0 Å². The zero-order valence-corrected chi connectivity index (χ0v) is 11.6. The Morgan fingerprint density at radius 1 is 1.47 bits per heavy atom. The summed E-state index contributed by atoms with van der Waals surface area (Å²) < 4.78 is 1.88. The SMILES string of the molecule is CCn1cc(N)cc1C(=O)NCCC1=CCCCC1. The van der Waals surface area contributed by atoms with E-state index in [1.807, 2.05) is 11.5 Å². The molecule has 19 heavy (non-hydrogen) atoms. The highest BCUT2D eigenvalue weighted by atomic mass is 16.1. The fourth-order valence-corrected chi connectivity index (χ4v) is 2.54. The third kappa shape index (κ3) is 3.63. The normalized spacial score (nSPS) is 15.1. The maximum Gasteiger partial charge on any atom is 0.267 e. The number of carbonyl (C=O) groups excluding carboxylic acids is 1. The predicted molar refractivity (Wildman–Crippen MR) is 78.0 cm³/mol. The van der Waals surface area contributed by atoms with E-state index in [-0.39, 0.29) is 5.91 Å². The van der Waals surface area contributed by atoms with Gasteiger partial charge in [-0.15, -0.1) is 0 Å². The summed E-state index contributed by atoms with van der Waals surface area (Å²) in [7, 11) is 0. The molecule has 0 fully saturated rings. The molecule has 0 aliphatic heterocycles. The molecule has 1 aromatic heterocycles. The van der Waals surface area contributed by atoms with Crippen molar-refractivity contribution >= 4 is 11.6 Å². The fraction of sp³-hybridized carbons (Fsp3) is 0.533. The van der Waals surface area contributed by atoms with Crippen molar-refractivity contribution < 1.29 is 4.79 Å². The van der Waals surface area contributed by atoms with Gasteiger partial charge in [0, 0.05) is 19.3 Å². The number of hydrogen-bond donors (Lipinski definition) is 2. The Kier molecular flexibility index (Phi) is 4.66. The van der Waals surface area contributed by atoms with Crippen molar-refractivity contribution in [2.45, 2.75) is 45.6 Å². The van der Waals surface area contributed by atoms with Gasteiger partial charge in [-0.2, -0.15) is 0 Å². The molecule has 1 heterocycles. The molecule has 2 rings (SSSR count). The van der Waals surface area contributed by atoms with Crippen molar-refractivity contribution in [3.05, 3.63) is 29.6 Å². The summed E-state index contributed by atoms with van der Waals surface area (Å²) in [6.45, 7) is 3.47. The first kappa shape index (κ1) is 13.7. The third-order valence-corrected chi connectivity index (χ3v) is 3.61. The average Bonchev–Trinajstić information content (AvgIpc) is 2.81. The number of anilines is 1. The largest absolute Gasteiger partial charge is 0.397 e. The molecule has 1 aromatic rings. The van der Waals surface area contributed by atoms with E-state index < -0.39 is 0 Å². The van der Waals surface area contributed by atoms with E-state index in [0.717, 1.165) is 13.0 Å². The summed E-state index contributed by atoms with van der Waals surface area (Å²) in [5.41, 5.74) is 8.50. The lowest BCUT2D eigenvalue weighted by atomic mass is 9.97. The van der Waals surface area contributed by atoms with Gasteiger partial charge < -0.3 is 15.6 Å². The molecule has 0 atom stereocenters. The minimum atomic E-state index is -0.0324. The number of hydrogen-bond acceptors (Lipinski definition) is 2. The van der Waals surface area contributed by atoms with Crippen LogP contribution in [0.15, 0.2) is 23.9 Å². The summed E-state index contributed by atoms with van der Waals surface area (Å²) in [6, 6.07) is 1.73. The lowest BCUT2D eigenvalue weighted by molar-refractivity contribution is 0.0945. The zero-order valence-electron chi connectivity index (χ0n) is 11.6. The van der Waals surface area contributed by atoms with Gasteiger partial charge >= 0.3 is 0 Å². The average molecular weight is 261 g/mol. The maximum absolute atomic E-state index is 12.1. The highest BCUT2D eigenvalue weighted by Gasteiger charge is 2.12. The van der Waals surface area contributed by atoms with Crippen LogP contribution in [0, 0.1) is 0 Å². The van der Waals surface area contributed by atoms with Crippen molar-refractivity contribution in [1.82, 2.24) is 9.88 Å². The molecule has 104 valence electrons. The standard InChI is InChI=1S/C15H23N3O/c1-2-18-11-13(16)10-14(18)15(19)17-9-8-12-6-4-3-5-7-12/h6,10-11H,2-5,7-9,16H2,1H3,(H,17,19). The molecule has 0 radical (unpaired) electrons. The number of nitrogens with one attached hydrogen (secondary N) is 1. The summed E-state index contributed by atoms with van der Waals surface area (Å²) in [5, 5.41) is 2.98. The van der Waals surface area contributed by atoms with E-state index in [1.165, 1.54) is 31.3 Å². The van der Waals surface area contributed by atoms with Crippen molar-refractivity contribution in [2.75, 3.05) is 12.3 Å². The number of carbonyl (C=O) groups is 1. The van der Waals surface area contributed by atoms with Gasteiger partial charge in [-0.3, -0.25) is 4.79 Å². The Balaban J connectivity index is 1.85. The molecule has 3 N–H and O–H groups in total. The van der Waals surface area contributed by atoms with Gasteiger partial charge in [0.25, 0.3) is 5.91 Å². The number of allylic oxidation sites excluding steroid dienone is 1. The Bertz CT molecular complexity index is 474. The van der Waals surface area contributed by atoms with E-state index in [9.17, 15) is 4.79 Å². The van der Waals surface area contributed by atoms with Crippen LogP contribution in [-0.2, 0) is 6.54 Å². The Labute approximate surface area is 114 Å². The third-order valence-electron chi connectivity index (χ3n) is 3.61. The molecule has 0 unspecified atom stereocenters. The van der Waals surface area contributed by atoms with Crippen LogP contribution in [0.3, 0.4) is 0 Å². The van der Waals surface area contributed by atoms with Crippen LogP contribution in [-0.4, -0.2) is 17.0 Å². The number of nitrogen functional groups attached to an aromatic ring is 1. The summed E-state index contributed by atoms with van der Waals surface area (Å²) in [6.07, 6.45) is 10.1. The topological polar surface area (TPSA) is 60.0 Å². The van der Waals surface area contributed by atoms with E-state index in [2.05, 4.69) is 11.4 Å². The first-order valence-corrected chi connectivity index (χ1v) is 7.12. The Hall–Kier alpha value is -1.71. The molecular weight excluding hydrogens is 238 g/mol. The van der Waals surface area contributed by atoms with Crippen molar-refractivity contribution in [2.24, 2.45) is 0 Å². The van der Waals surface area contributed by atoms with Crippen molar-refractivity contribution in [3.8, 4) is 0 Å². The summed E-state index contributed by atoms with van der Waals surface area (Å²) in [5.74, 6) is -0.0324. The van der Waals surface area contributed by atoms with Gasteiger partial charge in [0.2, 0.25) is 0 Å². The molecule has 1 amide bonds. The van der Waals surface area contributed by atoms with Gasteiger partial charge in [0.1, 0.15) is 5.69 Å². The molecule has 0 saturated heterocycles. The van der Waals surface area contributed by atoms with Crippen LogP contribution < -0.4 is 11.1 Å². The minimum absolute atomic E-state index is 0.0324. The Morgan fingerprint density at radius 3 is 3.00 bits per heavy atom. The number of rotatable bonds is 5. The van der Waals surface area contributed by atoms with Crippen molar-refractivity contribution in [3.63, 3.8) is 0 Å². The van der Waals surface area contributed by atoms with E-state index >= 15 is 0 Å². The molecule has 4 heteroatoms. The molecule has 0 bridgehead atoms. The van der Waals surface area contributed by atoms with Gasteiger partial charge in [-0.25, -0.2) is 0 Å². The summed E-state index contributed by atoms with van der Waals surface area (Å²) in [4.78, 5) is 12.1. The van der Waals surface area contributed by atoms with Crippen LogP contribution in [0.25, 0.3) is 0 Å². The van der Waals surface area contributed by atoms with Crippen LogP contribution >= 0.6 is 0 Å². The number of nitrogens with two attached hydrogens (primary N) is 1. The maximum atomic E-state index is 12.1. The number of nitrogens with zero attached hydrogens (tertiary/aromatic N) is 1. The number of aryl methyl sites for hydroxylation is 1. The Morgan fingerprint density at radius 2 is 2.32 bits per heavy atom. The second-order valence-corrected chi connectivity index (χ2v) is 5.06. The molecule has 1 aliphatic rings. The highest BCUT2D eigenvalue weighted by molar-refractivity contribution is 5.93. The van der Waals surface area contributed by atoms with Crippen molar-refractivity contribution in [1.29, 1.82) is 0 Å². The lowest BCUT2D eigenvalue weighted by Crippen LogP contribution is -2.27. The van der Waals surface area contributed by atoms with Crippen LogP contribution in [0.4, 0.5) is 5.69 Å². The van der Waals surface area contributed by atoms with E-state index in [1.54, 1.807) is 12.3 Å². The lowest BCUT2D eigenvalue weighted by Gasteiger charge is -2.13. The number of aromatic nitrogens is 1. The summed E-state index contributed by atoms with van der Waals surface area (Å²) >= 11 is 0. The van der Waals surface area contributed by atoms with Gasteiger partial charge in [-0.05, 0) is 45.1 Å². The van der Waals surface area contributed by atoms with Gasteiger partial charge in [0.05, 0.1) is 5.69 Å². The predicted octanol–water partition coefficient (Wildman–Crippen LogP) is 2.71. The van der Waals surface area contributed by atoms with E-state index in [4.69, 9.17) is 5.73 Å². The minimum Gasteiger partial charge on any atom is -0.397 e. The number of amides is 1. The molecular formula is C15H23N3O. The zero-order chi connectivity index (χ0) is 13.7. The highest BCUT2D eigenvalue weighted by Crippen LogP contribution is 2.19. The first-order chi connectivity index (χ1) is 9.20. The second kappa shape index (κ2) is 6.45. The second-order valence-electron chi connectivity index (χ2n) is 5.06. The van der Waals surface area contributed by atoms with Crippen LogP contribution in [0.2, 0.25) is 0 Å².